The first-order chi connectivity index (χ1) is 12.7. The number of aromatic nitrogens is 3. The number of fused-ring (bicyclic) bond motifs is 1. The predicted molar refractivity (Wildman–Crippen MR) is 101 cm³/mol. The molecule has 3 fully saturated rings. The van der Waals surface area contributed by atoms with E-state index < -0.39 is 0 Å². The Kier molecular flexibility index (Phi) is 5.43. The molecule has 1 aliphatic carbocycles. The van der Waals surface area contributed by atoms with Crippen LogP contribution in [0.3, 0.4) is 0 Å². The van der Waals surface area contributed by atoms with Gasteiger partial charge in [-0.2, -0.15) is 0 Å². The van der Waals surface area contributed by atoms with Gasteiger partial charge in [0.25, 0.3) is 0 Å². The zero-order chi connectivity index (χ0) is 17.9. The van der Waals surface area contributed by atoms with Gasteiger partial charge in [-0.3, -0.25) is 0 Å². The summed E-state index contributed by atoms with van der Waals surface area (Å²) in [6.07, 6.45) is 8.18. The second-order valence-electron chi connectivity index (χ2n) is 8.09. The van der Waals surface area contributed by atoms with Gasteiger partial charge in [-0.1, -0.05) is 12.8 Å². The first kappa shape index (κ1) is 17.8. The largest absolute Gasteiger partial charge is 0.376 e. The number of hydrogen-bond donors (Lipinski definition) is 1. The molecule has 0 bridgehead atoms. The van der Waals surface area contributed by atoms with Crippen LogP contribution in [-0.4, -0.2) is 58.0 Å². The van der Waals surface area contributed by atoms with Crippen LogP contribution in [0.2, 0.25) is 0 Å². The van der Waals surface area contributed by atoms with Crippen LogP contribution in [0.15, 0.2) is 4.99 Å². The number of aliphatic imine (C=N–C) groups is 1. The Morgan fingerprint density at radius 2 is 1.92 bits per heavy atom. The summed E-state index contributed by atoms with van der Waals surface area (Å²) in [6, 6.07) is 0. The van der Waals surface area contributed by atoms with Crippen molar-refractivity contribution in [2.75, 3.05) is 26.2 Å². The Balaban J connectivity index is 1.45. The number of hydrogen-bond acceptors (Lipinski definition) is 4. The van der Waals surface area contributed by atoms with Gasteiger partial charge in [0.2, 0.25) is 0 Å². The molecular weight excluding hydrogens is 328 g/mol. The molecule has 3 heterocycles. The van der Waals surface area contributed by atoms with Crippen molar-refractivity contribution in [1.29, 1.82) is 0 Å². The molecule has 26 heavy (non-hydrogen) atoms. The van der Waals surface area contributed by atoms with Crippen LogP contribution >= 0.6 is 0 Å². The standard InChI is InChI=1S/C19H32N6O/c1-14-22-23-18(24(14)2)11-21-19(20-10-17-8-5-9-26-17)25-12-15-6-3-4-7-16(15)13-25/h15-17H,3-13H2,1-2H3,(H,20,21). The highest BCUT2D eigenvalue weighted by Crippen LogP contribution is 2.36. The van der Waals surface area contributed by atoms with Crippen LogP contribution in [0.25, 0.3) is 0 Å². The SMILES string of the molecule is Cc1nnc(CN=C(NCC2CCCO2)N2CC3CCCCC3C2)n1C. The molecule has 0 spiro atoms. The average molecular weight is 361 g/mol. The van der Waals surface area contributed by atoms with Crippen molar-refractivity contribution < 1.29 is 4.74 Å². The molecule has 1 aromatic rings. The van der Waals surface area contributed by atoms with E-state index in [1.807, 2.05) is 18.5 Å². The van der Waals surface area contributed by atoms with Gasteiger partial charge < -0.3 is 19.5 Å². The molecule has 7 nitrogen and oxygen atoms in total. The number of aryl methyl sites for hydroxylation is 1. The molecule has 144 valence electrons. The molecule has 1 saturated carbocycles. The highest BCUT2D eigenvalue weighted by molar-refractivity contribution is 5.80. The molecule has 3 unspecified atom stereocenters. The van der Waals surface area contributed by atoms with E-state index in [2.05, 4.69) is 20.4 Å². The van der Waals surface area contributed by atoms with Crippen molar-refractivity contribution in [3.63, 3.8) is 0 Å². The minimum Gasteiger partial charge on any atom is -0.376 e. The zero-order valence-corrected chi connectivity index (χ0v) is 16.2. The first-order valence-electron chi connectivity index (χ1n) is 10.2. The summed E-state index contributed by atoms with van der Waals surface area (Å²) >= 11 is 0. The Morgan fingerprint density at radius 3 is 2.54 bits per heavy atom. The molecular formula is C19H32N6O. The molecule has 3 atom stereocenters. The maximum Gasteiger partial charge on any atom is 0.194 e. The van der Waals surface area contributed by atoms with Crippen LogP contribution in [-0.2, 0) is 18.3 Å². The second-order valence-corrected chi connectivity index (χ2v) is 8.09. The summed E-state index contributed by atoms with van der Waals surface area (Å²) < 4.78 is 7.80. The van der Waals surface area contributed by atoms with E-state index in [9.17, 15) is 0 Å². The van der Waals surface area contributed by atoms with Crippen LogP contribution in [0.5, 0.6) is 0 Å². The fourth-order valence-corrected chi connectivity index (χ4v) is 4.59. The Bertz CT molecular complexity index is 622. The van der Waals surface area contributed by atoms with Crippen molar-refractivity contribution in [2.24, 2.45) is 23.9 Å². The third kappa shape index (κ3) is 3.87. The fraction of sp³-hybridized carbons (Fsp3) is 0.842. The summed E-state index contributed by atoms with van der Waals surface area (Å²) in [5, 5.41) is 12.0. The van der Waals surface area contributed by atoms with E-state index in [0.717, 1.165) is 62.1 Å². The van der Waals surface area contributed by atoms with Crippen molar-refractivity contribution in [2.45, 2.75) is 58.1 Å². The Labute approximate surface area is 156 Å². The van der Waals surface area contributed by atoms with Crippen molar-refractivity contribution >= 4 is 5.96 Å². The molecule has 4 rings (SSSR count). The van der Waals surface area contributed by atoms with Crippen LogP contribution in [0, 0.1) is 18.8 Å². The molecule has 0 radical (unpaired) electrons. The maximum absolute atomic E-state index is 5.78. The van der Waals surface area contributed by atoms with Gasteiger partial charge in [-0.05, 0) is 44.4 Å². The van der Waals surface area contributed by atoms with E-state index in [1.54, 1.807) is 0 Å². The summed E-state index contributed by atoms with van der Waals surface area (Å²) in [5.41, 5.74) is 0. The second kappa shape index (κ2) is 7.94. The maximum atomic E-state index is 5.78. The minimum atomic E-state index is 0.321. The third-order valence-corrected chi connectivity index (χ3v) is 6.34. The van der Waals surface area contributed by atoms with E-state index in [1.165, 1.54) is 32.1 Å². The lowest BCUT2D eigenvalue weighted by Crippen LogP contribution is -2.43. The zero-order valence-electron chi connectivity index (χ0n) is 16.2. The fourth-order valence-electron chi connectivity index (χ4n) is 4.59. The third-order valence-electron chi connectivity index (χ3n) is 6.34. The number of rotatable bonds is 4. The van der Waals surface area contributed by atoms with Crippen LogP contribution in [0.4, 0.5) is 0 Å². The van der Waals surface area contributed by atoms with Gasteiger partial charge in [0.15, 0.2) is 11.8 Å². The quantitative estimate of drug-likeness (QED) is 0.656. The highest BCUT2D eigenvalue weighted by Gasteiger charge is 2.35. The molecule has 2 saturated heterocycles. The topological polar surface area (TPSA) is 67.6 Å². The lowest BCUT2D eigenvalue weighted by molar-refractivity contribution is 0.113. The summed E-state index contributed by atoms with van der Waals surface area (Å²) in [4.78, 5) is 7.39. The molecule has 0 amide bonds. The molecule has 3 aliphatic rings. The van der Waals surface area contributed by atoms with Gasteiger partial charge >= 0.3 is 0 Å². The van der Waals surface area contributed by atoms with Crippen molar-refractivity contribution in [3.05, 3.63) is 11.6 Å². The van der Waals surface area contributed by atoms with Gasteiger partial charge in [0, 0.05) is 33.3 Å². The van der Waals surface area contributed by atoms with E-state index in [0.29, 0.717) is 12.6 Å². The lowest BCUT2D eigenvalue weighted by atomic mass is 9.82. The molecule has 1 N–H and O–H groups in total. The highest BCUT2D eigenvalue weighted by atomic mass is 16.5. The number of likely N-dealkylation sites (tertiary alicyclic amines) is 1. The normalized spacial score (nSPS) is 29.2. The Morgan fingerprint density at radius 1 is 1.15 bits per heavy atom. The summed E-state index contributed by atoms with van der Waals surface area (Å²) in [7, 11) is 2.00. The number of ether oxygens (including phenoxy) is 1. The summed E-state index contributed by atoms with van der Waals surface area (Å²) in [6.45, 7) is 6.56. The molecule has 2 aliphatic heterocycles. The minimum absolute atomic E-state index is 0.321. The first-order valence-corrected chi connectivity index (χ1v) is 10.2. The van der Waals surface area contributed by atoms with Crippen LogP contribution in [0.1, 0.15) is 50.2 Å². The summed E-state index contributed by atoms with van der Waals surface area (Å²) in [5.74, 6) is 4.55. The number of nitrogens with one attached hydrogen (secondary N) is 1. The number of guanidine groups is 1. The van der Waals surface area contributed by atoms with E-state index in [4.69, 9.17) is 9.73 Å². The lowest BCUT2D eigenvalue weighted by Gasteiger charge is -2.23. The molecule has 7 heteroatoms. The predicted octanol–water partition coefficient (Wildman–Crippen LogP) is 1.87. The van der Waals surface area contributed by atoms with Gasteiger partial charge in [0.1, 0.15) is 12.4 Å². The van der Waals surface area contributed by atoms with E-state index >= 15 is 0 Å². The Hall–Kier alpha value is -1.63. The van der Waals surface area contributed by atoms with Crippen molar-refractivity contribution in [1.82, 2.24) is 25.0 Å². The van der Waals surface area contributed by atoms with E-state index in [-0.39, 0.29) is 0 Å². The average Bonchev–Trinajstić information content (AvgIpc) is 3.37. The van der Waals surface area contributed by atoms with Crippen molar-refractivity contribution in [3.8, 4) is 0 Å². The molecule has 1 aromatic heterocycles. The van der Waals surface area contributed by atoms with Gasteiger partial charge in [0.05, 0.1) is 6.10 Å². The van der Waals surface area contributed by atoms with Gasteiger partial charge in [-0.25, -0.2) is 4.99 Å². The smallest absolute Gasteiger partial charge is 0.194 e. The number of nitrogens with zero attached hydrogens (tertiary/aromatic N) is 5. The van der Waals surface area contributed by atoms with Gasteiger partial charge in [-0.15, -0.1) is 10.2 Å². The van der Waals surface area contributed by atoms with Crippen LogP contribution < -0.4 is 5.32 Å². The molecule has 0 aromatic carbocycles. The monoisotopic (exact) mass is 360 g/mol.